The Labute approximate surface area is 129 Å². The lowest BCUT2D eigenvalue weighted by Crippen LogP contribution is -2.15. The number of anilines is 1. The van der Waals surface area contributed by atoms with Gasteiger partial charge in [0, 0.05) is 4.90 Å². The molecule has 3 rings (SSSR count). The molecule has 0 atom stereocenters. The third-order valence-electron chi connectivity index (χ3n) is 3.00. The van der Waals surface area contributed by atoms with E-state index in [2.05, 4.69) is 20.9 Å². The molecule has 0 radical (unpaired) electrons. The maximum absolute atomic E-state index is 5.84. The Morgan fingerprint density at radius 2 is 2.00 bits per heavy atom. The van der Waals surface area contributed by atoms with E-state index in [0.717, 1.165) is 31.5 Å². The van der Waals surface area contributed by atoms with Crippen LogP contribution in [0, 0.1) is 6.92 Å². The van der Waals surface area contributed by atoms with Crippen LogP contribution in [0.3, 0.4) is 0 Å². The van der Waals surface area contributed by atoms with Crippen LogP contribution in [0.2, 0.25) is 0 Å². The quantitative estimate of drug-likeness (QED) is 0.893. The summed E-state index contributed by atoms with van der Waals surface area (Å²) < 4.78 is 12.0. The van der Waals surface area contributed by atoms with E-state index >= 15 is 0 Å². The van der Waals surface area contributed by atoms with Gasteiger partial charge in [0.05, 0.1) is 16.4 Å². The molecule has 1 aliphatic rings. The number of rotatable bonds is 2. The predicted octanol–water partition coefficient (Wildman–Crippen LogP) is 3.66. The molecule has 4 nitrogen and oxygen atoms in total. The lowest BCUT2D eigenvalue weighted by atomic mass is 10.3. The second-order valence-electron chi connectivity index (χ2n) is 4.37. The number of aromatic nitrogens is 1. The average molecular weight is 353 g/mol. The summed E-state index contributed by atoms with van der Waals surface area (Å²) >= 11 is 5.10. The molecule has 104 valence electrons. The number of fused-ring (bicyclic) bond motifs is 1. The summed E-state index contributed by atoms with van der Waals surface area (Å²) in [5.74, 6) is 1.57. The van der Waals surface area contributed by atoms with Crippen LogP contribution in [0.1, 0.15) is 5.56 Å². The normalized spacial score (nSPS) is 13.3. The summed E-state index contributed by atoms with van der Waals surface area (Å²) in [7, 11) is 0. The molecule has 20 heavy (non-hydrogen) atoms. The molecule has 0 saturated heterocycles. The highest BCUT2D eigenvalue weighted by atomic mass is 79.9. The van der Waals surface area contributed by atoms with Crippen molar-refractivity contribution in [3.05, 3.63) is 34.4 Å². The van der Waals surface area contributed by atoms with Gasteiger partial charge in [-0.25, -0.2) is 4.98 Å². The summed E-state index contributed by atoms with van der Waals surface area (Å²) in [5, 5.41) is 0.883. The first-order chi connectivity index (χ1) is 9.65. The van der Waals surface area contributed by atoms with Crippen molar-refractivity contribution in [1.82, 2.24) is 4.98 Å². The second kappa shape index (κ2) is 5.54. The van der Waals surface area contributed by atoms with E-state index in [4.69, 9.17) is 15.2 Å². The van der Waals surface area contributed by atoms with E-state index in [1.807, 2.05) is 25.1 Å². The Morgan fingerprint density at radius 3 is 2.80 bits per heavy atom. The average Bonchev–Trinajstić information content (AvgIpc) is 2.48. The fourth-order valence-electron chi connectivity index (χ4n) is 1.84. The Balaban J connectivity index is 1.90. The van der Waals surface area contributed by atoms with E-state index in [-0.39, 0.29) is 0 Å². The minimum atomic E-state index is 0.587. The molecule has 6 heteroatoms. The first-order valence-corrected chi connectivity index (χ1v) is 7.74. The Bertz CT molecular complexity index is 664. The number of nitrogens with two attached hydrogens (primary N) is 1. The van der Waals surface area contributed by atoms with Gasteiger partial charge in [0.1, 0.15) is 18.2 Å². The minimum Gasteiger partial charge on any atom is -0.486 e. The predicted molar refractivity (Wildman–Crippen MR) is 82.6 cm³/mol. The molecule has 0 spiro atoms. The van der Waals surface area contributed by atoms with Gasteiger partial charge in [0.25, 0.3) is 0 Å². The van der Waals surface area contributed by atoms with Gasteiger partial charge >= 0.3 is 0 Å². The van der Waals surface area contributed by atoms with E-state index in [1.165, 1.54) is 0 Å². The van der Waals surface area contributed by atoms with Crippen molar-refractivity contribution < 1.29 is 9.47 Å². The fourth-order valence-corrected chi connectivity index (χ4v) is 3.29. The van der Waals surface area contributed by atoms with Gasteiger partial charge in [0.2, 0.25) is 0 Å². The third-order valence-corrected chi connectivity index (χ3v) is 5.22. The monoisotopic (exact) mass is 352 g/mol. The number of benzene rings is 1. The molecule has 2 aromatic rings. The van der Waals surface area contributed by atoms with Crippen LogP contribution in [0.4, 0.5) is 5.69 Å². The van der Waals surface area contributed by atoms with Gasteiger partial charge in [-0.15, -0.1) is 0 Å². The van der Waals surface area contributed by atoms with Gasteiger partial charge in [-0.2, -0.15) is 0 Å². The molecule has 2 N–H and O–H groups in total. The smallest absolute Gasteiger partial charge is 0.162 e. The van der Waals surface area contributed by atoms with Crippen molar-refractivity contribution >= 4 is 33.4 Å². The number of ether oxygens (including phenoxy) is 2. The SMILES string of the molecule is Cc1c(N)cnc(Sc2ccc3c(c2)OCCO3)c1Br. The Kier molecular flexibility index (Phi) is 3.76. The largest absolute Gasteiger partial charge is 0.486 e. The van der Waals surface area contributed by atoms with Crippen molar-refractivity contribution in [3.8, 4) is 11.5 Å². The van der Waals surface area contributed by atoms with Gasteiger partial charge < -0.3 is 15.2 Å². The van der Waals surface area contributed by atoms with Crippen molar-refractivity contribution in [1.29, 1.82) is 0 Å². The van der Waals surface area contributed by atoms with E-state index in [1.54, 1.807) is 18.0 Å². The van der Waals surface area contributed by atoms with Gasteiger partial charge in [0.15, 0.2) is 11.5 Å². The fraction of sp³-hybridized carbons (Fsp3) is 0.214. The summed E-state index contributed by atoms with van der Waals surface area (Å²) in [6.45, 7) is 3.16. The number of nitrogen functional groups attached to an aromatic ring is 1. The zero-order valence-corrected chi connectivity index (χ0v) is 13.3. The molecule has 0 unspecified atom stereocenters. The summed E-state index contributed by atoms with van der Waals surface area (Å²) in [4.78, 5) is 5.41. The zero-order chi connectivity index (χ0) is 14.1. The highest BCUT2D eigenvalue weighted by Gasteiger charge is 2.14. The van der Waals surface area contributed by atoms with Gasteiger partial charge in [-0.05, 0) is 46.6 Å². The van der Waals surface area contributed by atoms with Crippen LogP contribution in [0.15, 0.2) is 38.8 Å². The first kappa shape index (κ1) is 13.6. The minimum absolute atomic E-state index is 0.587. The summed E-state index contributed by atoms with van der Waals surface area (Å²) in [6.07, 6.45) is 1.68. The van der Waals surface area contributed by atoms with E-state index < -0.39 is 0 Å². The molecular formula is C14H13BrN2O2S. The van der Waals surface area contributed by atoms with Crippen molar-refractivity contribution in [2.75, 3.05) is 18.9 Å². The number of hydrogen-bond donors (Lipinski definition) is 1. The Hall–Kier alpha value is -1.40. The van der Waals surface area contributed by atoms with Crippen LogP contribution in [0.5, 0.6) is 11.5 Å². The standard InChI is InChI=1S/C14H13BrN2O2S/c1-8-10(16)7-17-14(13(8)15)20-9-2-3-11-12(6-9)19-5-4-18-11/h2-3,6-7H,4-5,16H2,1H3. The molecule has 1 aliphatic heterocycles. The molecule has 0 fully saturated rings. The molecule has 0 saturated carbocycles. The highest BCUT2D eigenvalue weighted by molar-refractivity contribution is 9.10. The first-order valence-electron chi connectivity index (χ1n) is 6.13. The van der Waals surface area contributed by atoms with Crippen LogP contribution >= 0.6 is 27.7 Å². The maximum atomic E-state index is 5.84. The molecule has 0 aliphatic carbocycles. The third kappa shape index (κ3) is 2.58. The summed E-state index contributed by atoms with van der Waals surface area (Å²) in [5.41, 5.74) is 7.52. The van der Waals surface area contributed by atoms with Crippen molar-refractivity contribution in [2.45, 2.75) is 16.8 Å². The zero-order valence-electron chi connectivity index (χ0n) is 10.9. The highest BCUT2D eigenvalue weighted by Crippen LogP contribution is 2.39. The van der Waals surface area contributed by atoms with Crippen LogP contribution in [0.25, 0.3) is 0 Å². The van der Waals surface area contributed by atoms with Crippen molar-refractivity contribution in [3.63, 3.8) is 0 Å². The lowest BCUT2D eigenvalue weighted by Gasteiger charge is -2.18. The van der Waals surface area contributed by atoms with Gasteiger partial charge in [-0.3, -0.25) is 0 Å². The molecule has 0 amide bonds. The molecule has 1 aromatic carbocycles. The van der Waals surface area contributed by atoms with E-state index in [9.17, 15) is 0 Å². The number of pyridine rings is 1. The molecule has 0 bridgehead atoms. The maximum Gasteiger partial charge on any atom is 0.162 e. The Morgan fingerprint density at radius 1 is 1.25 bits per heavy atom. The number of nitrogens with zero attached hydrogens (tertiary/aromatic N) is 1. The van der Waals surface area contributed by atoms with Crippen LogP contribution < -0.4 is 15.2 Å². The topological polar surface area (TPSA) is 57.4 Å². The van der Waals surface area contributed by atoms with Crippen LogP contribution in [-0.4, -0.2) is 18.2 Å². The molecule has 2 heterocycles. The van der Waals surface area contributed by atoms with Gasteiger partial charge in [-0.1, -0.05) is 11.8 Å². The van der Waals surface area contributed by atoms with E-state index in [0.29, 0.717) is 18.9 Å². The number of hydrogen-bond acceptors (Lipinski definition) is 5. The summed E-state index contributed by atoms with van der Waals surface area (Å²) in [6, 6.07) is 5.89. The number of halogens is 1. The lowest BCUT2D eigenvalue weighted by molar-refractivity contribution is 0.171. The van der Waals surface area contributed by atoms with Crippen molar-refractivity contribution in [2.24, 2.45) is 0 Å². The van der Waals surface area contributed by atoms with Crippen LogP contribution in [-0.2, 0) is 0 Å². The molecular weight excluding hydrogens is 340 g/mol. The molecule has 1 aromatic heterocycles. The second-order valence-corrected chi connectivity index (χ2v) is 6.22.